The summed E-state index contributed by atoms with van der Waals surface area (Å²) in [4.78, 5) is 32.4. The molecule has 2 aromatic carbocycles. The number of aromatic nitrogens is 3. The molecule has 2 unspecified atom stereocenters. The number of pyridine rings is 1. The number of hydrogen-bond donors (Lipinski definition) is 0. The van der Waals surface area contributed by atoms with E-state index in [-0.39, 0.29) is 36.1 Å². The molecule has 4 aromatic rings. The fourth-order valence-electron chi connectivity index (χ4n) is 7.88. The number of methoxy groups -OCH3 is 2. The Balaban J connectivity index is 1.41. The van der Waals surface area contributed by atoms with Gasteiger partial charge in [0.2, 0.25) is 15.0 Å². The number of amides is 1. The summed E-state index contributed by atoms with van der Waals surface area (Å²) < 4.78 is 87.9. The number of anilines is 2. The van der Waals surface area contributed by atoms with Gasteiger partial charge in [-0.05, 0) is 100 Å². The molecule has 0 radical (unpaired) electrons. The van der Waals surface area contributed by atoms with E-state index in [2.05, 4.69) is 9.97 Å². The van der Waals surface area contributed by atoms with E-state index in [0.717, 1.165) is 17.4 Å². The molecule has 0 spiro atoms. The van der Waals surface area contributed by atoms with Crippen molar-refractivity contribution in [1.29, 1.82) is 0 Å². The van der Waals surface area contributed by atoms with E-state index in [1.54, 1.807) is 39.9 Å². The quantitative estimate of drug-likeness (QED) is 0.145. The Bertz CT molecular complexity index is 2220. The molecule has 6 rings (SSSR count). The minimum absolute atomic E-state index is 0.0106. The summed E-state index contributed by atoms with van der Waals surface area (Å²) in [6.07, 6.45) is -3.86. The second kappa shape index (κ2) is 16.9. The first kappa shape index (κ1) is 43.5. The second-order valence-corrected chi connectivity index (χ2v) is 18.5. The zero-order valence-electron chi connectivity index (χ0n) is 35.1. The summed E-state index contributed by atoms with van der Waals surface area (Å²) in [7, 11) is -0.771. The first-order valence-corrected chi connectivity index (χ1v) is 21.5. The van der Waals surface area contributed by atoms with Crippen LogP contribution in [-0.4, -0.2) is 86.1 Å². The number of carbonyl (C=O) groups is 1. The third kappa shape index (κ3) is 10.0. The van der Waals surface area contributed by atoms with Crippen molar-refractivity contribution >= 4 is 27.6 Å². The summed E-state index contributed by atoms with van der Waals surface area (Å²) in [5.74, 6) is 1.00. The van der Waals surface area contributed by atoms with Crippen LogP contribution in [0.3, 0.4) is 0 Å². The predicted octanol–water partition coefficient (Wildman–Crippen LogP) is 7.79. The molecule has 16 heteroatoms. The first-order chi connectivity index (χ1) is 27.6. The van der Waals surface area contributed by atoms with Gasteiger partial charge in [0.15, 0.2) is 0 Å². The highest BCUT2D eigenvalue weighted by Crippen LogP contribution is 2.46. The first-order valence-electron chi connectivity index (χ1n) is 19.6. The number of ether oxygens (including phenoxy) is 3. The van der Waals surface area contributed by atoms with Crippen molar-refractivity contribution in [1.82, 2.24) is 19.9 Å². The topological polar surface area (TPSA) is 127 Å². The van der Waals surface area contributed by atoms with Gasteiger partial charge >= 0.3 is 12.3 Å². The summed E-state index contributed by atoms with van der Waals surface area (Å²) in [5.41, 5.74) is 1.29. The Morgan fingerprint density at radius 3 is 1.95 bits per heavy atom. The van der Waals surface area contributed by atoms with Gasteiger partial charge in [0.1, 0.15) is 28.7 Å². The van der Waals surface area contributed by atoms with E-state index in [9.17, 15) is 13.2 Å². The number of hydrogen-bond acceptors (Lipinski definition) is 11. The molecule has 12 nitrogen and oxygen atoms in total. The summed E-state index contributed by atoms with van der Waals surface area (Å²) in [6, 6.07) is 16.2. The van der Waals surface area contributed by atoms with E-state index in [1.165, 1.54) is 13.0 Å². The highest BCUT2D eigenvalue weighted by atomic mass is 32.2. The van der Waals surface area contributed by atoms with Crippen LogP contribution in [-0.2, 0) is 46.7 Å². The van der Waals surface area contributed by atoms with Gasteiger partial charge in [0.25, 0.3) is 0 Å². The van der Waals surface area contributed by atoms with E-state index in [0.29, 0.717) is 67.1 Å². The monoisotopic (exact) mass is 838 g/mol. The van der Waals surface area contributed by atoms with Crippen LogP contribution < -0.4 is 19.3 Å². The zero-order valence-corrected chi connectivity index (χ0v) is 35.9. The number of alkyl halides is 3. The van der Waals surface area contributed by atoms with Crippen LogP contribution in [0.2, 0.25) is 0 Å². The summed E-state index contributed by atoms with van der Waals surface area (Å²) in [5, 5.41) is -0.402. The lowest BCUT2D eigenvalue weighted by atomic mass is 9.75. The average molecular weight is 839 g/mol. The van der Waals surface area contributed by atoms with Crippen LogP contribution in [0, 0.1) is 12.8 Å². The minimum Gasteiger partial charge on any atom is -0.497 e. The molecule has 0 N–H and O–H groups in total. The maximum absolute atomic E-state index is 15.2. The standard InChI is InChI=1S/C43H53F3N6O6S/c1-26-20-34-35(47-40(59(9,54)55)49-39(34)52-19-18-50(23-28(52)3)41(53)58-42(4,5)6)22-33(26)38-37(43(44,45)46)27(2)21-36(48-38)51(24-29-10-14-31(56-7)15-11-29)25-30-12-16-32(57-8)17-13-30/h10-17,21,26,28,33H,18-20,22-25H2,1-9H3/t26?,28-,33?/m0/s1. The van der Waals surface area contributed by atoms with Gasteiger partial charge in [0.05, 0.1) is 31.2 Å². The SMILES string of the molecule is COc1ccc(CN(Cc2ccc(OC)cc2)c2cc(C)c(C(F)(F)F)c(C3Cc4nc(S(C)(=O)=O)nc(N5CCN(C(=O)OC(C)(C)C)C[C@@H]5C)c4CC3C)n2)cc1. The lowest BCUT2D eigenvalue weighted by molar-refractivity contribution is -0.139. The smallest absolute Gasteiger partial charge is 0.418 e. The van der Waals surface area contributed by atoms with E-state index in [4.69, 9.17) is 19.2 Å². The van der Waals surface area contributed by atoms with E-state index >= 15 is 13.2 Å². The van der Waals surface area contributed by atoms with E-state index < -0.39 is 44.3 Å². The Hall–Kier alpha value is -5.12. The van der Waals surface area contributed by atoms with Crippen molar-refractivity contribution in [2.45, 2.75) is 96.4 Å². The van der Waals surface area contributed by atoms with Gasteiger partial charge in [-0.2, -0.15) is 13.2 Å². The van der Waals surface area contributed by atoms with Gasteiger partial charge < -0.3 is 28.9 Å². The fourth-order valence-corrected chi connectivity index (χ4v) is 8.41. The Kier molecular flexibility index (Phi) is 12.4. The van der Waals surface area contributed by atoms with Crippen LogP contribution in [0.25, 0.3) is 0 Å². The molecule has 1 fully saturated rings. The van der Waals surface area contributed by atoms with Crippen LogP contribution >= 0.6 is 0 Å². The molecule has 59 heavy (non-hydrogen) atoms. The molecule has 1 amide bonds. The number of halogens is 3. The maximum Gasteiger partial charge on any atom is 0.418 e. The predicted molar refractivity (Wildman–Crippen MR) is 219 cm³/mol. The number of piperazine rings is 1. The van der Waals surface area contributed by atoms with Crippen molar-refractivity contribution < 1.29 is 40.6 Å². The van der Waals surface area contributed by atoms with Crippen molar-refractivity contribution in [3.8, 4) is 11.5 Å². The average Bonchev–Trinajstić information content (AvgIpc) is 3.15. The Morgan fingerprint density at radius 1 is 0.881 bits per heavy atom. The molecular formula is C43H53F3N6O6S. The molecule has 2 aromatic heterocycles. The van der Waals surface area contributed by atoms with Crippen LogP contribution in [0.4, 0.5) is 29.6 Å². The number of carbonyl (C=O) groups excluding carboxylic acids is 1. The third-order valence-electron chi connectivity index (χ3n) is 10.8. The Morgan fingerprint density at radius 2 is 1.46 bits per heavy atom. The highest BCUT2D eigenvalue weighted by molar-refractivity contribution is 7.90. The molecular weight excluding hydrogens is 786 g/mol. The van der Waals surface area contributed by atoms with Crippen molar-refractivity contribution in [2.75, 3.05) is 49.9 Å². The van der Waals surface area contributed by atoms with Crippen LogP contribution in [0.15, 0.2) is 59.8 Å². The van der Waals surface area contributed by atoms with Gasteiger partial charge in [-0.25, -0.2) is 28.2 Å². The second-order valence-electron chi connectivity index (χ2n) is 16.6. The van der Waals surface area contributed by atoms with Crippen molar-refractivity contribution in [3.63, 3.8) is 0 Å². The fraction of sp³-hybridized carbons (Fsp3) is 0.488. The molecule has 3 atom stereocenters. The summed E-state index contributed by atoms with van der Waals surface area (Å²) in [6.45, 7) is 12.3. The lowest BCUT2D eigenvalue weighted by Gasteiger charge is -2.42. The largest absolute Gasteiger partial charge is 0.497 e. The minimum atomic E-state index is -4.72. The number of nitrogens with zero attached hydrogens (tertiary/aromatic N) is 6. The van der Waals surface area contributed by atoms with Gasteiger partial charge in [-0.15, -0.1) is 0 Å². The highest BCUT2D eigenvalue weighted by Gasteiger charge is 2.43. The molecule has 0 bridgehead atoms. The normalized spacial score (nSPS) is 18.6. The number of rotatable bonds is 10. The van der Waals surface area contributed by atoms with Gasteiger partial charge in [-0.3, -0.25) is 0 Å². The molecule has 318 valence electrons. The van der Waals surface area contributed by atoms with Gasteiger partial charge in [0, 0.05) is 56.5 Å². The van der Waals surface area contributed by atoms with Crippen molar-refractivity contribution in [3.05, 3.63) is 93.8 Å². The maximum atomic E-state index is 15.2. The van der Waals surface area contributed by atoms with Crippen LogP contribution in [0.1, 0.15) is 79.7 Å². The molecule has 1 aliphatic carbocycles. The lowest BCUT2D eigenvalue weighted by Crippen LogP contribution is -2.55. The molecule has 3 heterocycles. The van der Waals surface area contributed by atoms with E-state index in [1.807, 2.05) is 72.2 Å². The third-order valence-corrected chi connectivity index (χ3v) is 11.7. The molecule has 2 aliphatic rings. The molecule has 0 saturated carbocycles. The zero-order chi connectivity index (χ0) is 43.0. The van der Waals surface area contributed by atoms with Crippen LogP contribution in [0.5, 0.6) is 11.5 Å². The number of aryl methyl sites for hydroxylation is 1. The summed E-state index contributed by atoms with van der Waals surface area (Å²) >= 11 is 0. The number of benzene rings is 2. The number of fused-ring (bicyclic) bond motifs is 1. The molecule has 1 saturated heterocycles. The number of sulfone groups is 1. The van der Waals surface area contributed by atoms with Crippen molar-refractivity contribution in [2.24, 2.45) is 5.92 Å². The van der Waals surface area contributed by atoms with Gasteiger partial charge in [-0.1, -0.05) is 31.2 Å². The molecule has 1 aliphatic heterocycles. The Labute approximate surface area is 344 Å².